The van der Waals surface area contributed by atoms with Crippen molar-refractivity contribution in [3.8, 4) is 0 Å². The van der Waals surface area contributed by atoms with Gasteiger partial charge < -0.3 is 10.6 Å². The summed E-state index contributed by atoms with van der Waals surface area (Å²) in [7, 11) is 0. The first-order valence-electron chi connectivity index (χ1n) is 9.36. The maximum absolute atomic E-state index is 14.4. The maximum atomic E-state index is 14.4. The van der Waals surface area contributed by atoms with Gasteiger partial charge in [-0.3, -0.25) is 0 Å². The third-order valence-electron chi connectivity index (χ3n) is 4.60. The molecule has 160 valence electrons. The number of para-hydroxylation sites is 1. The van der Waals surface area contributed by atoms with Gasteiger partial charge in [-0.05, 0) is 50.8 Å². The lowest BCUT2D eigenvalue weighted by atomic mass is 10.0. The van der Waals surface area contributed by atoms with Gasteiger partial charge in [0.25, 0.3) is 0 Å². The largest absolute Gasteiger partial charge is 0.335 e. The molecule has 0 heterocycles. The van der Waals surface area contributed by atoms with E-state index < -0.39 is 40.4 Å². The van der Waals surface area contributed by atoms with Crippen molar-refractivity contribution in [2.45, 2.75) is 40.2 Å². The lowest BCUT2D eigenvalue weighted by Gasteiger charge is -2.16. The lowest BCUT2D eigenvalue weighted by Crippen LogP contribution is -2.36. The van der Waals surface area contributed by atoms with Gasteiger partial charge in [0, 0.05) is 17.3 Å². The SMILES string of the molecule is C=C(C)c1c(F)c(F)c(F)c(C=CCC(C)NC(=O)Nc2c(C)cccc2C)c1F. The predicted molar refractivity (Wildman–Crippen MR) is 112 cm³/mol. The normalized spacial score (nSPS) is 12.1. The summed E-state index contributed by atoms with van der Waals surface area (Å²) < 4.78 is 56.0. The van der Waals surface area contributed by atoms with Gasteiger partial charge in [0.2, 0.25) is 0 Å². The van der Waals surface area contributed by atoms with Crippen LogP contribution in [0.2, 0.25) is 0 Å². The first-order chi connectivity index (χ1) is 14.0. The number of aryl methyl sites for hydroxylation is 2. The summed E-state index contributed by atoms with van der Waals surface area (Å²) in [6.45, 7) is 10.1. The number of allylic oxidation sites excluding steroid dienone is 1. The van der Waals surface area contributed by atoms with Crippen molar-refractivity contribution < 1.29 is 22.4 Å². The van der Waals surface area contributed by atoms with Crippen molar-refractivity contribution in [1.82, 2.24) is 5.32 Å². The standard InChI is InChI=1S/C23H24F4N2O/c1-12(2)17-18(24)16(19(25)21(27)20(17)26)11-7-10-15(5)28-23(30)29-22-13(3)8-6-9-14(22)4/h6-9,11,15H,1,10H2,2-5H3,(H2,28,29,30). The predicted octanol–water partition coefficient (Wildman–Crippen LogP) is 6.51. The first-order valence-corrected chi connectivity index (χ1v) is 9.36. The summed E-state index contributed by atoms with van der Waals surface area (Å²) in [5.74, 6) is -6.19. The number of hydrogen-bond donors (Lipinski definition) is 2. The smallest absolute Gasteiger partial charge is 0.319 e. The van der Waals surface area contributed by atoms with Crippen molar-refractivity contribution in [3.05, 3.63) is 76.4 Å². The van der Waals surface area contributed by atoms with E-state index in [-0.39, 0.29) is 18.0 Å². The molecule has 0 aliphatic carbocycles. The van der Waals surface area contributed by atoms with Crippen LogP contribution in [0, 0.1) is 37.1 Å². The van der Waals surface area contributed by atoms with E-state index in [1.807, 2.05) is 32.0 Å². The molecule has 2 amide bonds. The second kappa shape index (κ2) is 9.61. The second-order valence-electron chi connectivity index (χ2n) is 7.23. The molecule has 0 radical (unpaired) electrons. The van der Waals surface area contributed by atoms with Crippen molar-refractivity contribution >= 4 is 23.4 Å². The van der Waals surface area contributed by atoms with E-state index in [0.717, 1.165) is 17.2 Å². The molecule has 1 atom stereocenters. The van der Waals surface area contributed by atoms with E-state index in [0.29, 0.717) is 5.69 Å². The van der Waals surface area contributed by atoms with Crippen LogP contribution >= 0.6 is 0 Å². The topological polar surface area (TPSA) is 41.1 Å². The van der Waals surface area contributed by atoms with Crippen LogP contribution in [0.1, 0.15) is 42.5 Å². The van der Waals surface area contributed by atoms with Crippen LogP contribution in [-0.2, 0) is 0 Å². The summed E-state index contributed by atoms with van der Waals surface area (Å²) in [6, 6.07) is 4.82. The number of halogens is 4. The van der Waals surface area contributed by atoms with E-state index in [1.54, 1.807) is 6.92 Å². The number of anilines is 1. The Bertz CT molecular complexity index is 995. The molecule has 0 spiro atoms. The highest BCUT2D eigenvalue weighted by Gasteiger charge is 2.24. The minimum Gasteiger partial charge on any atom is -0.335 e. The average Bonchev–Trinajstić information content (AvgIpc) is 2.65. The van der Waals surface area contributed by atoms with Gasteiger partial charge in [-0.2, -0.15) is 0 Å². The number of carbonyl (C=O) groups excluding carboxylic acids is 1. The van der Waals surface area contributed by atoms with Gasteiger partial charge in [-0.1, -0.05) is 36.9 Å². The molecule has 7 heteroatoms. The third kappa shape index (κ3) is 5.09. The fourth-order valence-corrected chi connectivity index (χ4v) is 3.01. The van der Waals surface area contributed by atoms with Gasteiger partial charge in [0.05, 0.1) is 5.56 Å². The number of urea groups is 1. The first kappa shape index (κ1) is 23.2. The molecule has 0 aliphatic rings. The summed E-state index contributed by atoms with van der Waals surface area (Å²) >= 11 is 0. The van der Waals surface area contributed by atoms with Crippen LogP contribution in [-0.4, -0.2) is 12.1 Å². The number of carbonyl (C=O) groups is 1. The molecule has 0 aromatic heterocycles. The van der Waals surface area contributed by atoms with Crippen LogP contribution in [0.5, 0.6) is 0 Å². The minimum absolute atomic E-state index is 0.0586. The van der Waals surface area contributed by atoms with Gasteiger partial charge in [-0.15, -0.1) is 0 Å². The van der Waals surface area contributed by atoms with Crippen LogP contribution in [0.25, 0.3) is 11.6 Å². The molecular weight excluding hydrogens is 396 g/mol. The Hall–Kier alpha value is -3.09. The number of amides is 2. The fraction of sp³-hybridized carbons (Fsp3) is 0.261. The third-order valence-corrected chi connectivity index (χ3v) is 4.60. The second-order valence-corrected chi connectivity index (χ2v) is 7.23. The van der Waals surface area contributed by atoms with E-state index in [4.69, 9.17) is 0 Å². The van der Waals surface area contributed by atoms with Crippen molar-refractivity contribution in [3.63, 3.8) is 0 Å². The molecule has 2 rings (SSSR count). The Balaban J connectivity index is 2.09. The van der Waals surface area contributed by atoms with Crippen LogP contribution in [0.15, 0.2) is 30.9 Å². The summed E-state index contributed by atoms with van der Waals surface area (Å²) in [5, 5.41) is 5.49. The Labute approximate surface area is 173 Å². The molecule has 2 aromatic carbocycles. The van der Waals surface area contributed by atoms with Gasteiger partial charge in [0.1, 0.15) is 5.82 Å². The number of nitrogens with one attached hydrogen (secondary N) is 2. The van der Waals surface area contributed by atoms with Gasteiger partial charge in [-0.25, -0.2) is 22.4 Å². The molecule has 0 saturated heterocycles. The molecule has 0 saturated carbocycles. The van der Waals surface area contributed by atoms with E-state index >= 15 is 0 Å². The Morgan fingerprint density at radius 3 is 2.23 bits per heavy atom. The van der Waals surface area contributed by atoms with E-state index in [9.17, 15) is 22.4 Å². The average molecular weight is 420 g/mol. The van der Waals surface area contributed by atoms with Crippen LogP contribution in [0.3, 0.4) is 0 Å². The zero-order chi connectivity index (χ0) is 22.6. The fourth-order valence-electron chi connectivity index (χ4n) is 3.01. The molecule has 2 N–H and O–H groups in total. The molecule has 0 bridgehead atoms. The van der Waals surface area contributed by atoms with Crippen molar-refractivity contribution in [2.24, 2.45) is 0 Å². The summed E-state index contributed by atoms with van der Waals surface area (Å²) in [6.07, 6.45) is 2.62. The lowest BCUT2D eigenvalue weighted by molar-refractivity contribution is 0.249. The Morgan fingerprint density at radius 1 is 1.07 bits per heavy atom. The van der Waals surface area contributed by atoms with Gasteiger partial charge in [0.15, 0.2) is 17.5 Å². The summed E-state index contributed by atoms with van der Waals surface area (Å²) in [4.78, 5) is 12.2. The zero-order valence-electron chi connectivity index (χ0n) is 17.3. The molecule has 0 aliphatic heterocycles. The van der Waals surface area contributed by atoms with Crippen LogP contribution in [0.4, 0.5) is 28.0 Å². The monoisotopic (exact) mass is 420 g/mol. The van der Waals surface area contributed by atoms with E-state index in [2.05, 4.69) is 17.2 Å². The molecule has 3 nitrogen and oxygen atoms in total. The van der Waals surface area contributed by atoms with Gasteiger partial charge >= 0.3 is 6.03 Å². The number of rotatable bonds is 6. The van der Waals surface area contributed by atoms with Crippen molar-refractivity contribution in [1.29, 1.82) is 0 Å². The highest BCUT2D eigenvalue weighted by Crippen LogP contribution is 2.29. The number of hydrogen-bond acceptors (Lipinski definition) is 1. The Morgan fingerprint density at radius 2 is 1.67 bits per heavy atom. The minimum atomic E-state index is -1.76. The highest BCUT2D eigenvalue weighted by molar-refractivity contribution is 5.91. The molecule has 1 unspecified atom stereocenters. The molecule has 30 heavy (non-hydrogen) atoms. The molecule has 2 aromatic rings. The highest BCUT2D eigenvalue weighted by atomic mass is 19.2. The molecular formula is C23H24F4N2O. The number of benzene rings is 2. The Kier molecular flexibility index (Phi) is 7.43. The molecule has 0 fully saturated rings. The van der Waals surface area contributed by atoms with E-state index in [1.165, 1.54) is 13.0 Å². The zero-order valence-corrected chi connectivity index (χ0v) is 17.3. The quantitative estimate of drug-likeness (QED) is 0.312. The van der Waals surface area contributed by atoms with Crippen molar-refractivity contribution in [2.75, 3.05) is 5.32 Å². The van der Waals surface area contributed by atoms with Crippen LogP contribution < -0.4 is 10.6 Å². The maximum Gasteiger partial charge on any atom is 0.319 e. The summed E-state index contributed by atoms with van der Waals surface area (Å²) in [5.41, 5.74) is 1.09.